The molecule has 4 atom stereocenters. The van der Waals surface area contributed by atoms with Crippen LogP contribution in [0.4, 0.5) is 0 Å². The first-order chi connectivity index (χ1) is 11.5. The van der Waals surface area contributed by atoms with Gasteiger partial charge in [0.15, 0.2) is 0 Å². The van der Waals surface area contributed by atoms with Gasteiger partial charge in [-0.15, -0.1) is 6.58 Å². The van der Waals surface area contributed by atoms with Crippen molar-refractivity contribution in [3.8, 4) is 0 Å². The second kappa shape index (κ2) is 9.58. The van der Waals surface area contributed by atoms with Crippen LogP contribution in [0.15, 0.2) is 12.7 Å². The molecule has 0 bridgehead atoms. The fourth-order valence-corrected chi connectivity index (χ4v) is 4.88. The van der Waals surface area contributed by atoms with E-state index in [9.17, 15) is 0 Å². The van der Waals surface area contributed by atoms with Crippen LogP contribution in [0.5, 0.6) is 0 Å². The third kappa shape index (κ3) is 7.45. The molecule has 0 amide bonds. The molecule has 1 heteroatoms. The van der Waals surface area contributed by atoms with E-state index in [2.05, 4.69) is 73.1 Å². The highest BCUT2D eigenvalue weighted by Gasteiger charge is 2.36. The molecule has 3 unspecified atom stereocenters. The predicted molar refractivity (Wildman–Crippen MR) is 114 cm³/mol. The van der Waals surface area contributed by atoms with Gasteiger partial charge in [-0.1, -0.05) is 40.7 Å². The van der Waals surface area contributed by atoms with Gasteiger partial charge in [-0.25, -0.2) is 0 Å². The zero-order valence-corrected chi connectivity index (χ0v) is 18.7. The summed E-state index contributed by atoms with van der Waals surface area (Å²) in [4.78, 5) is 2.63. The van der Waals surface area contributed by atoms with E-state index in [0.29, 0.717) is 11.0 Å². The third-order valence-electron chi connectivity index (χ3n) is 6.97. The van der Waals surface area contributed by atoms with Crippen molar-refractivity contribution in [2.45, 2.75) is 111 Å². The summed E-state index contributed by atoms with van der Waals surface area (Å²) in [6.45, 7) is 21.0. The van der Waals surface area contributed by atoms with Crippen LogP contribution in [0.1, 0.15) is 99.8 Å². The average molecular weight is 350 g/mol. The van der Waals surface area contributed by atoms with Crippen molar-refractivity contribution in [3.63, 3.8) is 0 Å². The quantitative estimate of drug-likeness (QED) is 0.353. The zero-order chi connectivity index (χ0) is 19.3. The summed E-state index contributed by atoms with van der Waals surface area (Å²) < 4.78 is 0. The summed E-state index contributed by atoms with van der Waals surface area (Å²) in [5, 5.41) is 0. The van der Waals surface area contributed by atoms with Gasteiger partial charge in [0, 0.05) is 11.6 Å². The van der Waals surface area contributed by atoms with Crippen LogP contribution in [0, 0.1) is 23.2 Å². The first-order valence-corrected chi connectivity index (χ1v) is 10.9. The van der Waals surface area contributed by atoms with Gasteiger partial charge in [0.25, 0.3) is 0 Å². The van der Waals surface area contributed by atoms with Crippen molar-refractivity contribution in [2.75, 3.05) is 7.05 Å². The molecule has 1 aliphatic heterocycles. The Hall–Kier alpha value is -0.300. The van der Waals surface area contributed by atoms with Crippen LogP contribution in [-0.4, -0.2) is 23.5 Å². The van der Waals surface area contributed by atoms with E-state index < -0.39 is 0 Å². The van der Waals surface area contributed by atoms with Crippen LogP contribution in [0.25, 0.3) is 0 Å². The van der Waals surface area contributed by atoms with Crippen LogP contribution in [0.2, 0.25) is 0 Å². The van der Waals surface area contributed by atoms with Crippen molar-refractivity contribution in [3.05, 3.63) is 12.7 Å². The molecule has 0 aromatic carbocycles. The molecule has 0 radical (unpaired) electrons. The van der Waals surface area contributed by atoms with Crippen LogP contribution in [-0.2, 0) is 0 Å². The fraction of sp³-hybridized carbons (Fsp3) is 0.917. The van der Waals surface area contributed by atoms with E-state index in [4.69, 9.17) is 0 Å². The average Bonchev–Trinajstić information content (AvgIpc) is 2.77. The maximum atomic E-state index is 4.19. The van der Waals surface area contributed by atoms with Gasteiger partial charge in [0.1, 0.15) is 0 Å². The molecule has 0 aromatic rings. The van der Waals surface area contributed by atoms with E-state index in [1.807, 2.05) is 0 Å². The van der Waals surface area contributed by atoms with Gasteiger partial charge < -0.3 is 0 Å². The van der Waals surface area contributed by atoms with Crippen LogP contribution in [0.3, 0.4) is 0 Å². The van der Waals surface area contributed by atoms with Gasteiger partial charge in [0.05, 0.1) is 0 Å². The molecule has 1 heterocycles. The summed E-state index contributed by atoms with van der Waals surface area (Å²) in [5.74, 6) is 2.45. The molecule has 1 aliphatic rings. The maximum Gasteiger partial charge on any atom is 0.0153 e. The second-order valence-corrected chi connectivity index (χ2v) is 10.6. The molecule has 1 rings (SSSR count). The maximum absolute atomic E-state index is 4.19. The Balaban J connectivity index is 2.41. The lowest BCUT2D eigenvalue weighted by Gasteiger charge is -2.34. The number of likely N-dealkylation sites (tertiary alicyclic amines) is 1. The minimum absolute atomic E-state index is 0.311. The smallest absolute Gasteiger partial charge is 0.0153 e. The van der Waals surface area contributed by atoms with E-state index in [1.165, 1.54) is 51.4 Å². The number of allylic oxidation sites excluding steroid dienone is 1. The van der Waals surface area contributed by atoms with Crippen molar-refractivity contribution >= 4 is 0 Å². The standard InChI is InChI=1S/C24H47N/c1-10-24(8,16-13-20(4)17-19(2)3)18-21(5)11-12-22-14-15-23(6,7)25(22)9/h10,19-22H,1,11-18H2,2-9H3/t20?,21?,22-,24?/m1/s1. The lowest BCUT2D eigenvalue weighted by molar-refractivity contribution is 0.154. The number of hydrogen-bond donors (Lipinski definition) is 0. The first kappa shape index (κ1) is 22.7. The van der Waals surface area contributed by atoms with Gasteiger partial charge in [-0.2, -0.15) is 0 Å². The number of hydrogen-bond acceptors (Lipinski definition) is 1. The molecule has 0 aliphatic carbocycles. The zero-order valence-electron chi connectivity index (χ0n) is 18.7. The van der Waals surface area contributed by atoms with Crippen molar-refractivity contribution in [1.82, 2.24) is 4.90 Å². The number of nitrogens with zero attached hydrogens (tertiary/aromatic N) is 1. The predicted octanol–water partition coefficient (Wildman–Crippen LogP) is 7.32. The molecule has 148 valence electrons. The molecule has 0 saturated carbocycles. The second-order valence-electron chi connectivity index (χ2n) is 10.6. The SMILES string of the molecule is C=CC(C)(CCC(C)CC(C)C)CC(C)CC[C@@H]1CCC(C)(C)N1C. The summed E-state index contributed by atoms with van der Waals surface area (Å²) >= 11 is 0. The molecular weight excluding hydrogens is 302 g/mol. The highest BCUT2D eigenvalue weighted by molar-refractivity contribution is 4.94. The van der Waals surface area contributed by atoms with Crippen molar-refractivity contribution < 1.29 is 0 Å². The molecular formula is C24H47N. The molecule has 1 saturated heterocycles. The molecule has 1 nitrogen and oxygen atoms in total. The molecule has 0 spiro atoms. The van der Waals surface area contributed by atoms with Crippen LogP contribution < -0.4 is 0 Å². The number of rotatable bonds is 11. The third-order valence-corrected chi connectivity index (χ3v) is 6.97. The Kier molecular flexibility index (Phi) is 8.72. The topological polar surface area (TPSA) is 3.24 Å². The van der Waals surface area contributed by atoms with E-state index in [1.54, 1.807) is 0 Å². The summed E-state index contributed by atoms with van der Waals surface area (Å²) in [7, 11) is 2.33. The molecule has 0 aromatic heterocycles. The normalized spacial score (nSPS) is 25.7. The van der Waals surface area contributed by atoms with Crippen molar-refractivity contribution in [1.29, 1.82) is 0 Å². The lowest BCUT2D eigenvalue weighted by atomic mass is 9.75. The molecule has 0 N–H and O–H groups in total. The Morgan fingerprint density at radius 1 is 1.16 bits per heavy atom. The molecule has 1 fully saturated rings. The Morgan fingerprint density at radius 3 is 2.28 bits per heavy atom. The fourth-order valence-electron chi connectivity index (χ4n) is 4.88. The highest BCUT2D eigenvalue weighted by Crippen LogP contribution is 2.38. The Labute approximate surface area is 159 Å². The lowest BCUT2D eigenvalue weighted by Crippen LogP contribution is -2.39. The summed E-state index contributed by atoms with van der Waals surface area (Å²) in [5.41, 5.74) is 0.710. The van der Waals surface area contributed by atoms with Gasteiger partial charge in [-0.3, -0.25) is 4.90 Å². The van der Waals surface area contributed by atoms with Gasteiger partial charge in [-0.05, 0) is 95.4 Å². The monoisotopic (exact) mass is 349 g/mol. The van der Waals surface area contributed by atoms with Crippen molar-refractivity contribution in [2.24, 2.45) is 23.2 Å². The van der Waals surface area contributed by atoms with E-state index in [0.717, 1.165) is 23.8 Å². The Morgan fingerprint density at radius 2 is 1.80 bits per heavy atom. The van der Waals surface area contributed by atoms with Gasteiger partial charge >= 0.3 is 0 Å². The van der Waals surface area contributed by atoms with Crippen LogP contribution >= 0.6 is 0 Å². The van der Waals surface area contributed by atoms with E-state index >= 15 is 0 Å². The minimum Gasteiger partial charge on any atom is -0.298 e. The summed E-state index contributed by atoms with van der Waals surface area (Å²) in [6, 6.07) is 0.790. The summed E-state index contributed by atoms with van der Waals surface area (Å²) in [6.07, 6.45) is 13.0. The van der Waals surface area contributed by atoms with E-state index in [-0.39, 0.29) is 0 Å². The molecule has 25 heavy (non-hydrogen) atoms. The highest BCUT2D eigenvalue weighted by atomic mass is 15.2. The first-order valence-electron chi connectivity index (χ1n) is 10.9. The Bertz CT molecular complexity index is 397. The largest absolute Gasteiger partial charge is 0.298 e. The minimum atomic E-state index is 0.311. The van der Waals surface area contributed by atoms with Gasteiger partial charge in [0.2, 0.25) is 0 Å².